The lowest BCUT2D eigenvalue weighted by atomic mass is 9.98. The van der Waals surface area contributed by atoms with Gasteiger partial charge in [0, 0.05) is 44.6 Å². The monoisotopic (exact) mass is 404 g/mol. The Kier molecular flexibility index (Phi) is 6.60. The summed E-state index contributed by atoms with van der Waals surface area (Å²) in [6.07, 6.45) is 2.17. The van der Waals surface area contributed by atoms with Crippen LogP contribution in [-0.2, 0) is 5.75 Å². The number of anilines is 1. The van der Waals surface area contributed by atoms with E-state index in [1.54, 1.807) is 6.07 Å². The smallest absolute Gasteiger partial charge is 0.253 e. The highest BCUT2D eigenvalue weighted by atomic mass is 35.5. The van der Waals surface area contributed by atoms with Crippen molar-refractivity contribution in [3.63, 3.8) is 0 Å². The predicted molar refractivity (Wildman–Crippen MR) is 112 cm³/mol. The van der Waals surface area contributed by atoms with Gasteiger partial charge < -0.3 is 9.80 Å². The zero-order valence-electron chi connectivity index (χ0n) is 16.0. The van der Waals surface area contributed by atoms with Gasteiger partial charge in [0.25, 0.3) is 5.91 Å². The normalized spacial score (nSPS) is 15.0. The van der Waals surface area contributed by atoms with Crippen LogP contribution in [0.15, 0.2) is 35.5 Å². The molecule has 0 N–H and O–H groups in total. The molecule has 5 nitrogen and oxygen atoms in total. The summed E-state index contributed by atoms with van der Waals surface area (Å²) in [6, 6.07) is 9.59. The molecule has 0 saturated carbocycles. The average Bonchev–Trinajstić information content (AvgIpc) is 2.66. The summed E-state index contributed by atoms with van der Waals surface area (Å²) in [5.41, 5.74) is 1.83. The highest BCUT2D eigenvalue weighted by Gasteiger charge is 2.21. The Balaban J connectivity index is 1.67. The molecule has 1 aromatic heterocycles. The minimum atomic E-state index is 0.127. The summed E-state index contributed by atoms with van der Waals surface area (Å²) in [6.45, 7) is 3.95. The Bertz CT molecular complexity index is 806. The first-order valence-electron chi connectivity index (χ1n) is 9.15. The fourth-order valence-electron chi connectivity index (χ4n) is 3.02. The summed E-state index contributed by atoms with van der Waals surface area (Å²) in [5.74, 6) is 2.30. The number of carbonyl (C=O) groups is 1. The zero-order chi connectivity index (χ0) is 19.4. The lowest BCUT2D eigenvalue weighted by molar-refractivity contribution is 0.0697. The zero-order valence-corrected chi connectivity index (χ0v) is 17.6. The van der Waals surface area contributed by atoms with Crippen LogP contribution < -0.4 is 4.90 Å². The molecule has 0 atom stereocenters. The van der Waals surface area contributed by atoms with Crippen molar-refractivity contribution in [1.82, 2.24) is 14.9 Å². The number of likely N-dealkylation sites (tertiary alicyclic amines) is 1. The number of piperidine rings is 1. The minimum Gasteiger partial charge on any atom is -0.363 e. The molecule has 0 unspecified atom stereocenters. The Morgan fingerprint density at radius 1 is 1.26 bits per heavy atom. The van der Waals surface area contributed by atoms with E-state index in [9.17, 15) is 4.79 Å². The molecule has 0 bridgehead atoms. The molecule has 1 amide bonds. The third-order valence-corrected chi connectivity index (χ3v) is 5.84. The number of thioether (sulfide) groups is 1. The van der Waals surface area contributed by atoms with E-state index in [4.69, 9.17) is 11.6 Å². The Hall–Kier alpha value is -1.79. The number of amides is 1. The van der Waals surface area contributed by atoms with Crippen LogP contribution in [-0.4, -0.2) is 48.0 Å². The summed E-state index contributed by atoms with van der Waals surface area (Å²) >= 11 is 7.61. The fraction of sp³-hybridized carbons (Fsp3) is 0.450. The van der Waals surface area contributed by atoms with Gasteiger partial charge in [-0.25, -0.2) is 9.97 Å². The van der Waals surface area contributed by atoms with E-state index in [1.165, 1.54) is 11.8 Å². The van der Waals surface area contributed by atoms with Gasteiger partial charge in [-0.1, -0.05) is 42.4 Å². The highest BCUT2D eigenvalue weighted by molar-refractivity contribution is 7.98. The molecule has 2 heterocycles. The number of benzene rings is 1. The molecular formula is C20H25ClN4OS. The number of rotatable bonds is 5. The van der Waals surface area contributed by atoms with Crippen molar-refractivity contribution in [3.05, 3.63) is 46.6 Å². The third kappa shape index (κ3) is 5.36. The molecule has 1 aliphatic rings. The number of hydrogen-bond donors (Lipinski definition) is 0. The number of halogens is 1. The van der Waals surface area contributed by atoms with Gasteiger partial charge in [0.05, 0.1) is 0 Å². The second kappa shape index (κ2) is 8.93. The van der Waals surface area contributed by atoms with Crippen LogP contribution in [0.3, 0.4) is 0 Å². The first kappa shape index (κ1) is 20.0. The molecule has 1 fully saturated rings. The maximum Gasteiger partial charge on any atom is 0.253 e. The molecule has 1 aliphatic heterocycles. The van der Waals surface area contributed by atoms with Crippen molar-refractivity contribution in [3.8, 4) is 0 Å². The first-order valence-corrected chi connectivity index (χ1v) is 10.5. The number of nitrogens with zero attached hydrogens (tertiary/aromatic N) is 4. The van der Waals surface area contributed by atoms with Crippen LogP contribution in [0.4, 0.5) is 5.82 Å². The van der Waals surface area contributed by atoms with Crippen LogP contribution in [0.5, 0.6) is 0 Å². The van der Waals surface area contributed by atoms with Crippen LogP contribution in [0.1, 0.15) is 35.7 Å². The Morgan fingerprint density at radius 3 is 2.70 bits per heavy atom. The van der Waals surface area contributed by atoms with E-state index in [2.05, 4.69) is 16.9 Å². The third-order valence-electron chi connectivity index (χ3n) is 4.73. The molecule has 2 aromatic rings. The molecule has 7 heteroatoms. The van der Waals surface area contributed by atoms with E-state index in [-0.39, 0.29) is 5.91 Å². The molecule has 0 spiro atoms. The first-order chi connectivity index (χ1) is 12.9. The van der Waals surface area contributed by atoms with Crippen molar-refractivity contribution in [2.45, 2.75) is 30.7 Å². The van der Waals surface area contributed by atoms with Gasteiger partial charge in [-0.2, -0.15) is 0 Å². The minimum absolute atomic E-state index is 0.127. The van der Waals surface area contributed by atoms with E-state index >= 15 is 0 Å². The van der Waals surface area contributed by atoms with Crippen molar-refractivity contribution in [1.29, 1.82) is 0 Å². The maximum absolute atomic E-state index is 12.8. The Labute approximate surface area is 170 Å². The van der Waals surface area contributed by atoms with Gasteiger partial charge in [-0.05, 0) is 36.5 Å². The SMILES string of the molecule is CC1CCN(C(=O)c2cccc(CSc3nc(Cl)cc(N(C)C)n3)c2)CC1. The van der Waals surface area contributed by atoms with Gasteiger partial charge in [0.1, 0.15) is 11.0 Å². The summed E-state index contributed by atoms with van der Waals surface area (Å²) < 4.78 is 0. The number of hydrogen-bond acceptors (Lipinski definition) is 5. The van der Waals surface area contributed by atoms with Crippen LogP contribution in [0, 0.1) is 5.92 Å². The van der Waals surface area contributed by atoms with Crippen molar-refractivity contribution in [2.24, 2.45) is 5.92 Å². The number of aromatic nitrogens is 2. The highest BCUT2D eigenvalue weighted by Crippen LogP contribution is 2.25. The van der Waals surface area contributed by atoms with Gasteiger partial charge in [-0.15, -0.1) is 0 Å². The van der Waals surface area contributed by atoms with Crippen LogP contribution >= 0.6 is 23.4 Å². The van der Waals surface area contributed by atoms with Crippen LogP contribution in [0.2, 0.25) is 5.15 Å². The van der Waals surface area contributed by atoms with Gasteiger partial charge in [0.2, 0.25) is 0 Å². The largest absolute Gasteiger partial charge is 0.363 e. The lowest BCUT2D eigenvalue weighted by Crippen LogP contribution is -2.37. The van der Waals surface area contributed by atoms with Gasteiger partial charge >= 0.3 is 0 Å². The topological polar surface area (TPSA) is 49.3 Å². The van der Waals surface area contributed by atoms with Crippen molar-refractivity contribution < 1.29 is 4.79 Å². The molecule has 3 rings (SSSR count). The number of carbonyl (C=O) groups excluding carboxylic acids is 1. The molecule has 27 heavy (non-hydrogen) atoms. The second-order valence-electron chi connectivity index (χ2n) is 7.19. The van der Waals surface area contributed by atoms with Gasteiger partial charge in [0.15, 0.2) is 5.16 Å². The molecule has 144 valence electrons. The maximum atomic E-state index is 12.8. The van der Waals surface area contributed by atoms with Crippen molar-refractivity contribution >= 4 is 35.1 Å². The van der Waals surface area contributed by atoms with E-state index in [1.807, 2.05) is 48.2 Å². The molecular weight excluding hydrogens is 380 g/mol. The summed E-state index contributed by atoms with van der Waals surface area (Å²) in [7, 11) is 3.84. The fourth-order valence-corrected chi connectivity index (χ4v) is 4.04. The van der Waals surface area contributed by atoms with E-state index < -0.39 is 0 Å². The second-order valence-corrected chi connectivity index (χ2v) is 8.52. The Morgan fingerprint density at radius 2 is 2.00 bits per heavy atom. The standard InChI is InChI=1S/C20H25ClN4OS/c1-14-7-9-25(10-8-14)19(26)16-6-4-5-15(11-16)13-27-20-22-17(21)12-18(23-20)24(2)3/h4-6,11-12,14H,7-10,13H2,1-3H3. The lowest BCUT2D eigenvalue weighted by Gasteiger charge is -2.30. The molecule has 0 aliphatic carbocycles. The summed E-state index contributed by atoms with van der Waals surface area (Å²) in [5, 5.41) is 1.06. The van der Waals surface area contributed by atoms with E-state index in [0.717, 1.165) is 42.9 Å². The van der Waals surface area contributed by atoms with Crippen molar-refractivity contribution in [2.75, 3.05) is 32.1 Å². The van der Waals surface area contributed by atoms with E-state index in [0.29, 0.717) is 22.0 Å². The van der Waals surface area contributed by atoms with Gasteiger partial charge in [-0.3, -0.25) is 4.79 Å². The quantitative estimate of drug-likeness (QED) is 0.421. The molecule has 1 aromatic carbocycles. The molecule has 0 radical (unpaired) electrons. The predicted octanol–water partition coefficient (Wildman–Crippen LogP) is 4.36. The molecule has 1 saturated heterocycles. The van der Waals surface area contributed by atoms with Crippen LogP contribution in [0.25, 0.3) is 0 Å². The summed E-state index contributed by atoms with van der Waals surface area (Å²) in [4.78, 5) is 25.4. The average molecular weight is 405 g/mol.